The van der Waals surface area contributed by atoms with Crippen molar-refractivity contribution in [3.05, 3.63) is 72.2 Å². The maximum Gasteiger partial charge on any atom is 0.145 e. The van der Waals surface area contributed by atoms with Crippen molar-refractivity contribution < 1.29 is 9.13 Å². The highest BCUT2D eigenvalue weighted by atomic mass is 19.1. The van der Waals surface area contributed by atoms with Gasteiger partial charge < -0.3 is 10.5 Å². The van der Waals surface area contributed by atoms with Crippen molar-refractivity contribution >= 4 is 10.9 Å². The van der Waals surface area contributed by atoms with E-state index in [0.717, 1.165) is 16.5 Å². The van der Waals surface area contributed by atoms with Gasteiger partial charge in [0.2, 0.25) is 0 Å². The molecule has 1 heterocycles. The molecule has 1 unspecified atom stereocenters. The van der Waals surface area contributed by atoms with E-state index in [1.807, 2.05) is 30.3 Å². The fourth-order valence-electron chi connectivity index (χ4n) is 2.18. The van der Waals surface area contributed by atoms with E-state index in [2.05, 4.69) is 4.98 Å². The van der Waals surface area contributed by atoms with Crippen LogP contribution in [0.1, 0.15) is 11.6 Å². The highest BCUT2D eigenvalue weighted by molar-refractivity contribution is 5.84. The van der Waals surface area contributed by atoms with Gasteiger partial charge in [-0.3, -0.25) is 4.98 Å². The van der Waals surface area contributed by atoms with Crippen LogP contribution in [0.2, 0.25) is 0 Å². The molecule has 3 rings (SSSR count). The Morgan fingerprint density at radius 1 is 1.05 bits per heavy atom. The number of hydrogen-bond acceptors (Lipinski definition) is 3. The summed E-state index contributed by atoms with van der Waals surface area (Å²) >= 11 is 0. The van der Waals surface area contributed by atoms with Crippen LogP contribution in [-0.4, -0.2) is 11.6 Å². The first-order valence-electron chi connectivity index (χ1n) is 6.71. The average molecular weight is 282 g/mol. The summed E-state index contributed by atoms with van der Waals surface area (Å²) in [5.41, 5.74) is 7.72. The number of pyridine rings is 1. The van der Waals surface area contributed by atoms with Gasteiger partial charge in [0.25, 0.3) is 0 Å². The van der Waals surface area contributed by atoms with Gasteiger partial charge in [-0.1, -0.05) is 30.3 Å². The lowest BCUT2D eigenvalue weighted by molar-refractivity contribution is 0.293. The second-order valence-electron chi connectivity index (χ2n) is 4.80. The largest absolute Gasteiger partial charge is 0.489 e. The van der Waals surface area contributed by atoms with Crippen LogP contribution in [0.3, 0.4) is 0 Å². The molecule has 3 nitrogen and oxygen atoms in total. The molecule has 2 aromatic carbocycles. The van der Waals surface area contributed by atoms with E-state index >= 15 is 0 Å². The molecule has 1 atom stereocenters. The minimum atomic E-state index is -0.315. The normalized spacial score (nSPS) is 12.3. The summed E-state index contributed by atoms with van der Waals surface area (Å²) < 4.78 is 18.7. The quantitative estimate of drug-likeness (QED) is 0.797. The Kier molecular flexibility index (Phi) is 3.79. The highest BCUT2D eigenvalue weighted by Crippen LogP contribution is 2.24. The first kappa shape index (κ1) is 13.5. The zero-order chi connectivity index (χ0) is 14.7. The third-order valence-electron chi connectivity index (χ3n) is 3.31. The maximum absolute atomic E-state index is 12.9. The Hall–Kier alpha value is -2.46. The molecule has 1 aromatic heterocycles. The van der Waals surface area contributed by atoms with Gasteiger partial charge in [0.1, 0.15) is 23.7 Å². The summed E-state index contributed by atoms with van der Waals surface area (Å²) in [6.07, 6.45) is 1.73. The molecule has 21 heavy (non-hydrogen) atoms. The second-order valence-corrected chi connectivity index (χ2v) is 4.80. The molecule has 0 aliphatic carbocycles. The van der Waals surface area contributed by atoms with Crippen LogP contribution < -0.4 is 10.5 Å². The summed E-state index contributed by atoms with van der Waals surface area (Å²) in [6, 6.07) is 15.5. The molecule has 0 bridgehead atoms. The summed E-state index contributed by atoms with van der Waals surface area (Å²) in [6.45, 7) is 0.307. The minimum Gasteiger partial charge on any atom is -0.489 e. The van der Waals surface area contributed by atoms with Crippen molar-refractivity contribution in [3.8, 4) is 5.75 Å². The molecule has 0 saturated carbocycles. The number of rotatable bonds is 4. The molecule has 0 fully saturated rings. The Morgan fingerprint density at radius 2 is 1.81 bits per heavy atom. The Balaban J connectivity index is 1.76. The third-order valence-corrected chi connectivity index (χ3v) is 3.31. The van der Waals surface area contributed by atoms with Gasteiger partial charge in [0, 0.05) is 11.6 Å². The predicted molar refractivity (Wildman–Crippen MR) is 80.6 cm³/mol. The Morgan fingerprint density at radius 3 is 2.62 bits per heavy atom. The van der Waals surface area contributed by atoms with Crippen LogP contribution in [0.15, 0.2) is 60.8 Å². The van der Waals surface area contributed by atoms with Gasteiger partial charge in [0.05, 0.1) is 6.04 Å². The number of aromatic nitrogens is 1. The van der Waals surface area contributed by atoms with Gasteiger partial charge in [-0.25, -0.2) is 4.39 Å². The van der Waals surface area contributed by atoms with Gasteiger partial charge in [-0.2, -0.15) is 0 Å². The molecule has 2 N–H and O–H groups in total. The van der Waals surface area contributed by atoms with Crippen LogP contribution in [0.4, 0.5) is 4.39 Å². The first-order chi connectivity index (χ1) is 10.2. The second kappa shape index (κ2) is 5.89. The molecule has 0 aliphatic rings. The molecule has 0 saturated heterocycles. The lowest BCUT2D eigenvalue weighted by Gasteiger charge is -2.14. The van der Waals surface area contributed by atoms with Gasteiger partial charge in [0.15, 0.2) is 0 Å². The van der Waals surface area contributed by atoms with E-state index in [-0.39, 0.29) is 11.9 Å². The van der Waals surface area contributed by atoms with Gasteiger partial charge in [-0.05, 0) is 29.8 Å². The van der Waals surface area contributed by atoms with E-state index in [1.54, 1.807) is 18.3 Å². The van der Waals surface area contributed by atoms with Gasteiger partial charge >= 0.3 is 0 Å². The lowest BCUT2D eigenvalue weighted by atomic mass is 10.1. The first-order valence-corrected chi connectivity index (χ1v) is 6.71. The highest BCUT2D eigenvalue weighted by Gasteiger charge is 2.09. The minimum absolute atomic E-state index is 0.273. The van der Waals surface area contributed by atoms with Crippen LogP contribution in [0, 0.1) is 5.82 Å². The number of benzene rings is 2. The van der Waals surface area contributed by atoms with Crippen molar-refractivity contribution in [2.24, 2.45) is 5.73 Å². The topological polar surface area (TPSA) is 48.1 Å². The molecular weight excluding hydrogens is 267 g/mol. The smallest absolute Gasteiger partial charge is 0.145 e. The van der Waals surface area contributed by atoms with E-state index < -0.39 is 0 Å². The molecule has 0 aliphatic heterocycles. The Labute approximate surface area is 122 Å². The van der Waals surface area contributed by atoms with Crippen molar-refractivity contribution in [2.45, 2.75) is 6.04 Å². The zero-order valence-electron chi connectivity index (χ0n) is 11.4. The van der Waals surface area contributed by atoms with Gasteiger partial charge in [-0.15, -0.1) is 0 Å². The van der Waals surface area contributed by atoms with Crippen molar-refractivity contribution in [3.63, 3.8) is 0 Å². The number of para-hydroxylation sites is 1. The average Bonchev–Trinajstić information content (AvgIpc) is 2.53. The zero-order valence-corrected chi connectivity index (χ0v) is 11.4. The van der Waals surface area contributed by atoms with Crippen molar-refractivity contribution in [2.75, 3.05) is 6.61 Å². The van der Waals surface area contributed by atoms with Crippen molar-refractivity contribution in [1.82, 2.24) is 4.98 Å². The van der Waals surface area contributed by atoms with Crippen molar-refractivity contribution in [1.29, 1.82) is 0 Å². The fourth-order valence-corrected chi connectivity index (χ4v) is 2.18. The SMILES string of the molecule is NC(COc1cccc2cccnc12)c1ccc(F)cc1. The molecule has 106 valence electrons. The molecule has 3 aromatic rings. The lowest BCUT2D eigenvalue weighted by Crippen LogP contribution is -2.19. The number of ether oxygens (including phenoxy) is 1. The maximum atomic E-state index is 12.9. The monoisotopic (exact) mass is 282 g/mol. The van der Waals surface area contributed by atoms with Crippen LogP contribution >= 0.6 is 0 Å². The molecular formula is C17H15FN2O. The summed E-state index contributed by atoms with van der Waals surface area (Å²) in [4.78, 5) is 4.33. The van der Waals surface area contributed by atoms with E-state index in [1.165, 1.54) is 12.1 Å². The third kappa shape index (κ3) is 3.01. The van der Waals surface area contributed by atoms with E-state index in [0.29, 0.717) is 12.4 Å². The summed E-state index contributed by atoms with van der Waals surface area (Å²) in [5, 5.41) is 1.02. The van der Waals surface area contributed by atoms with Crippen LogP contribution in [0.25, 0.3) is 10.9 Å². The molecule has 0 radical (unpaired) electrons. The number of nitrogens with two attached hydrogens (primary N) is 1. The number of fused-ring (bicyclic) bond motifs is 1. The standard InChI is InChI=1S/C17H15FN2O/c18-14-8-6-12(7-9-14)15(19)11-21-16-5-1-3-13-4-2-10-20-17(13)16/h1-10,15H,11,19H2. The molecule has 0 spiro atoms. The molecule has 0 amide bonds. The number of nitrogens with zero attached hydrogens (tertiary/aromatic N) is 1. The Bertz CT molecular complexity index is 738. The fraction of sp³-hybridized carbons (Fsp3) is 0.118. The molecule has 4 heteroatoms. The van der Waals surface area contributed by atoms with Crippen LogP contribution in [-0.2, 0) is 0 Å². The summed E-state index contributed by atoms with van der Waals surface area (Å²) in [7, 11) is 0. The number of halogens is 1. The number of hydrogen-bond donors (Lipinski definition) is 1. The summed E-state index contributed by atoms with van der Waals surface area (Å²) in [5.74, 6) is 0.427. The van der Waals surface area contributed by atoms with E-state index in [9.17, 15) is 4.39 Å². The predicted octanol–water partition coefficient (Wildman–Crippen LogP) is 3.45. The van der Waals surface area contributed by atoms with E-state index in [4.69, 9.17) is 10.5 Å². The van der Waals surface area contributed by atoms with Crippen LogP contribution in [0.5, 0.6) is 5.75 Å².